The lowest BCUT2D eigenvalue weighted by Crippen LogP contribution is -2.39. The van der Waals surface area contributed by atoms with E-state index in [1.165, 1.54) is 0 Å². The molecule has 0 aromatic heterocycles. The van der Waals surface area contributed by atoms with Gasteiger partial charge in [0, 0.05) is 17.6 Å². The Morgan fingerprint density at radius 1 is 1.30 bits per heavy atom. The van der Waals surface area contributed by atoms with Crippen LogP contribution in [0, 0.1) is 11.8 Å². The van der Waals surface area contributed by atoms with Gasteiger partial charge in [-0.3, -0.25) is 0 Å². The summed E-state index contributed by atoms with van der Waals surface area (Å²) in [5.74, 6) is 0.893. The predicted octanol–water partition coefficient (Wildman–Crippen LogP) is 1.96. The molecular weight excluding hydrogens is 296 g/mol. The third kappa shape index (κ3) is 2.26. The minimum Gasteiger partial charge on any atom is -0.316 e. The minimum atomic E-state index is -3.41. The van der Waals surface area contributed by atoms with Crippen molar-refractivity contribution in [2.75, 3.05) is 19.6 Å². The molecule has 6 heteroatoms. The number of rotatable bonds is 3. The maximum atomic E-state index is 12.8. The lowest BCUT2D eigenvalue weighted by atomic mass is 9.93. The molecule has 0 spiro atoms. The molecular formula is C14H19ClN2O2S. The van der Waals surface area contributed by atoms with Gasteiger partial charge in [-0.05, 0) is 55.6 Å². The summed E-state index contributed by atoms with van der Waals surface area (Å²) in [4.78, 5) is 0.341. The van der Waals surface area contributed by atoms with Crippen molar-refractivity contribution < 1.29 is 8.42 Å². The number of sulfonamides is 1. The highest BCUT2D eigenvalue weighted by atomic mass is 35.5. The maximum Gasteiger partial charge on any atom is 0.243 e. The molecule has 0 amide bonds. The van der Waals surface area contributed by atoms with Crippen LogP contribution in [0.5, 0.6) is 0 Å². The zero-order valence-electron chi connectivity index (χ0n) is 11.4. The van der Waals surface area contributed by atoms with Gasteiger partial charge in [0.25, 0.3) is 0 Å². The molecule has 0 radical (unpaired) electrons. The topological polar surface area (TPSA) is 49.4 Å². The van der Waals surface area contributed by atoms with Crippen LogP contribution in [0.25, 0.3) is 0 Å². The highest BCUT2D eigenvalue weighted by Crippen LogP contribution is 2.37. The number of hydrogen-bond donors (Lipinski definition) is 1. The smallest absolute Gasteiger partial charge is 0.243 e. The molecule has 110 valence electrons. The van der Waals surface area contributed by atoms with Crippen LogP contribution >= 0.6 is 11.6 Å². The van der Waals surface area contributed by atoms with E-state index in [2.05, 4.69) is 12.2 Å². The van der Waals surface area contributed by atoms with Gasteiger partial charge in [-0.1, -0.05) is 18.5 Å². The van der Waals surface area contributed by atoms with E-state index in [1.54, 1.807) is 28.6 Å². The fraction of sp³-hybridized carbons (Fsp3) is 0.571. The summed E-state index contributed by atoms with van der Waals surface area (Å²) in [6, 6.07) is 6.56. The summed E-state index contributed by atoms with van der Waals surface area (Å²) in [6.07, 6.45) is 0.857. The van der Waals surface area contributed by atoms with Gasteiger partial charge in [0.05, 0.1) is 4.90 Å². The van der Waals surface area contributed by atoms with Gasteiger partial charge in [0.1, 0.15) is 0 Å². The third-order valence-corrected chi connectivity index (χ3v) is 6.67. The SMILES string of the molecule is CCC1C2CNCC2CN1S(=O)(=O)c1ccc(Cl)cc1. The van der Waals surface area contributed by atoms with Gasteiger partial charge in [0.15, 0.2) is 0 Å². The summed E-state index contributed by atoms with van der Waals surface area (Å²) < 4.78 is 27.3. The maximum absolute atomic E-state index is 12.8. The highest BCUT2D eigenvalue weighted by molar-refractivity contribution is 7.89. The Kier molecular flexibility index (Phi) is 3.79. The predicted molar refractivity (Wildman–Crippen MR) is 79.3 cm³/mol. The summed E-state index contributed by atoms with van der Waals surface area (Å²) >= 11 is 5.84. The van der Waals surface area contributed by atoms with Crippen molar-refractivity contribution in [3.05, 3.63) is 29.3 Å². The molecule has 3 unspecified atom stereocenters. The van der Waals surface area contributed by atoms with Crippen LogP contribution in [-0.4, -0.2) is 38.4 Å². The van der Waals surface area contributed by atoms with E-state index in [-0.39, 0.29) is 6.04 Å². The van der Waals surface area contributed by atoms with E-state index < -0.39 is 10.0 Å². The van der Waals surface area contributed by atoms with Crippen molar-refractivity contribution in [1.29, 1.82) is 0 Å². The first-order chi connectivity index (χ1) is 9.54. The number of fused-ring (bicyclic) bond motifs is 1. The van der Waals surface area contributed by atoms with Crippen LogP contribution in [0.1, 0.15) is 13.3 Å². The third-order valence-electron chi connectivity index (χ3n) is 4.51. The Labute approximate surface area is 125 Å². The number of nitrogens with zero attached hydrogens (tertiary/aromatic N) is 1. The van der Waals surface area contributed by atoms with Crippen LogP contribution in [0.4, 0.5) is 0 Å². The van der Waals surface area contributed by atoms with Crippen LogP contribution in [-0.2, 0) is 10.0 Å². The Morgan fingerprint density at radius 2 is 2.00 bits per heavy atom. The average Bonchev–Trinajstić information content (AvgIpc) is 2.99. The van der Waals surface area contributed by atoms with Gasteiger partial charge >= 0.3 is 0 Å². The standard InChI is InChI=1S/C14H19ClN2O2S/c1-2-14-13-8-16-7-10(13)9-17(14)20(18,19)12-5-3-11(15)4-6-12/h3-6,10,13-14,16H,2,7-9H2,1H3. The summed E-state index contributed by atoms with van der Waals surface area (Å²) in [5, 5.41) is 3.92. The van der Waals surface area contributed by atoms with Crippen molar-refractivity contribution >= 4 is 21.6 Å². The van der Waals surface area contributed by atoms with Gasteiger partial charge in [-0.15, -0.1) is 0 Å². The molecule has 3 atom stereocenters. The fourth-order valence-electron chi connectivity index (χ4n) is 3.51. The molecule has 0 aliphatic carbocycles. The van der Waals surface area contributed by atoms with Gasteiger partial charge < -0.3 is 5.32 Å². The first kappa shape index (κ1) is 14.3. The van der Waals surface area contributed by atoms with Crippen molar-refractivity contribution in [3.63, 3.8) is 0 Å². The summed E-state index contributed by atoms with van der Waals surface area (Å²) in [7, 11) is -3.41. The van der Waals surface area contributed by atoms with E-state index in [1.807, 2.05) is 0 Å². The normalized spacial score (nSPS) is 30.6. The molecule has 2 saturated heterocycles. The minimum absolute atomic E-state index is 0.107. The van der Waals surface area contributed by atoms with Crippen molar-refractivity contribution in [2.24, 2.45) is 11.8 Å². The quantitative estimate of drug-likeness (QED) is 0.928. The molecule has 1 N–H and O–H groups in total. The lowest BCUT2D eigenvalue weighted by molar-refractivity contribution is 0.329. The second-order valence-corrected chi connectivity index (χ2v) is 7.91. The van der Waals surface area contributed by atoms with Gasteiger partial charge in [-0.25, -0.2) is 8.42 Å². The first-order valence-electron chi connectivity index (χ1n) is 7.02. The zero-order valence-corrected chi connectivity index (χ0v) is 13.0. The Hall–Kier alpha value is -0.620. The van der Waals surface area contributed by atoms with Crippen LogP contribution in [0.15, 0.2) is 29.2 Å². The molecule has 1 aromatic rings. The van der Waals surface area contributed by atoms with Crippen LogP contribution < -0.4 is 5.32 Å². The molecule has 0 saturated carbocycles. The highest BCUT2D eigenvalue weighted by Gasteiger charge is 2.48. The second-order valence-electron chi connectivity index (χ2n) is 5.59. The first-order valence-corrected chi connectivity index (χ1v) is 8.84. The number of nitrogens with one attached hydrogen (secondary N) is 1. The fourth-order valence-corrected chi connectivity index (χ4v) is 5.43. The summed E-state index contributed by atoms with van der Waals surface area (Å²) in [5.41, 5.74) is 0. The number of hydrogen-bond acceptors (Lipinski definition) is 3. The van der Waals surface area contributed by atoms with Crippen molar-refractivity contribution in [2.45, 2.75) is 24.3 Å². The number of halogens is 1. The Morgan fingerprint density at radius 3 is 2.65 bits per heavy atom. The molecule has 2 fully saturated rings. The van der Waals surface area contributed by atoms with E-state index in [9.17, 15) is 8.42 Å². The van der Waals surface area contributed by atoms with E-state index >= 15 is 0 Å². The zero-order chi connectivity index (χ0) is 14.3. The summed E-state index contributed by atoms with van der Waals surface area (Å²) in [6.45, 7) is 4.54. The Balaban J connectivity index is 1.93. The molecule has 2 aliphatic heterocycles. The Bertz CT molecular complexity index is 588. The van der Waals surface area contributed by atoms with Crippen molar-refractivity contribution in [3.8, 4) is 0 Å². The second kappa shape index (κ2) is 5.30. The molecule has 0 bridgehead atoms. The average molecular weight is 315 g/mol. The monoisotopic (exact) mass is 314 g/mol. The van der Waals surface area contributed by atoms with E-state index in [0.717, 1.165) is 19.5 Å². The molecule has 2 aliphatic rings. The van der Waals surface area contributed by atoms with Gasteiger partial charge in [-0.2, -0.15) is 4.31 Å². The van der Waals surface area contributed by atoms with Crippen molar-refractivity contribution in [1.82, 2.24) is 9.62 Å². The largest absolute Gasteiger partial charge is 0.316 e. The van der Waals surface area contributed by atoms with E-state index in [4.69, 9.17) is 11.6 Å². The molecule has 2 heterocycles. The molecule has 4 nitrogen and oxygen atoms in total. The molecule has 1 aromatic carbocycles. The van der Waals surface area contributed by atoms with Gasteiger partial charge in [0.2, 0.25) is 10.0 Å². The lowest BCUT2D eigenvalue weighted by Gasteiger charge is -2.26. The van der Waals surface area contributed by atoms with E-state index in [0.29, 0.717) is 28.3 Å². The van der Waals surface area contributed by atoms with Crippen LogP contribution in [0.2, 0.25) is 5.02 Å². The number of benzene rings is 1. The molecule has 3 rings (SSSR count). The van der Waals surface area contributed by atoms with Crippen LogP contribution in [0.3, 0.4) is 0 Å². The molecule has 20 heavy (non-hydrogen) atoms.